The molecule has 4 rings (SSSR count). The molecule has 0 amide bonds. The first kappa shape index (κ1) is 11.2. The molecule has 0 N–H and O–H groups in total. The lowest BCUT2D eigenvalue weighted by Gasteiger charge is -2.27. The van der Waals surface area contributed by atoms with E-state index in [4.69, 9.17) is 9.15 Å². The van der Waals surface area contributed by atoms with E-state index in [0.717, 1.165) is 42.2 Å². The van der Waals surface area contributed by atoms with Crippen molar-refractivity contribution in [2.24, 2.45) is 5.92 Å². The summed E-state index contributed by atoms with van der Waals surface area (Å²) in [6, 6.07) is 7.73. The number of Topliss-reactive ketones (excluding diaryl/α,β-unsaturated/α-hetero) is 1. The molecule has 3 heterocycles. The van der Waals surface area contributed by atoms with E-state index in [1.54, 1.807) is 6.26 Å². The van der Waals surface area contributed by atoms with Crippen LogP contribution in [-0.4, -0.2) is 18.0 Å². The molecule has 1 aromatic carbocycles. The zero-order chi connectivity index (χ0) is 12.8. The molecule has 0 saturated carbocycles. The maximum Gasteiger partial charge on any atom is 0.169 e. The van der Waals surface area contributed by atoms with Gasteiger partial charge in [0.15, 0.2) is 5.78 Å². The average molecular weight is 256 g/mol. The number of fused-ring (bicyclic) bond motifs is 3. The Kier molecular flexibility index (Phi) is 2.49. The smallest absolute Gasteiger partial charge is 0.169 e. The van der Waals surface area contributed by atoms with Crippen LogP contribution in [0.4, 0.5) is 0 Å². The fourth-order valence-electron chi connectivity index (χ4n) is 3.46. The zero-order valence-electron chi connectivity index (χ0n) is 10.7. The minimum absolute atomic E-state index is 0.104. The highest BCUT2D eigenvalue weighted by Gasteiger charge is 2.38. The monoisotopic (exact) mass is 256 g/mol. The fraction of sp³-hybridized carbons (Fsp3) is 0.438. The standard InChI is InChI=1S/C16H16O3/c17-16(10-7-11-5-6-12(8-10)19-11)14-9-18-15-4-2-1-3-13(14)15/h1-4,9-12H,5-8H2. The van der Waals surface area contributed by atoms with Gasteiger partial charge in [-0.15, -0.1) is 0 Å². The highest BCUT2D eigenvalue weighted by Crippen LogP contribution is 2.38. The van der Waals surface area contributed by atoms with Crippen molar-refractivity contribution in [3.63, 3.8) is 0 Å². The van der Waals surface area contributed by atoms with E-state index < -0.39 is 0 Å². The van der Waals surface area contributed by atoms with Gasteiger partial charge in [-0.1, -0.05) is 18.2 Å². The Balaban J connectivity index is 1.67. The molecule has 2 aliphatic heterocycles. The van der Waals surface area contributed by atoms with Crippen LogP contribution in [0.25, 0.3) is 11.0 Å². The number of carbonyl (C=O) groups excluding carboxylic acids is 1. The molecular weight excluding hydrogens is 240 g/mol. The molecule has 0 spiro atoms. The molecule has 98 valence electrons. The predicted octanol–water partition coefficient (Wildman–Crippen LogP) is 3.57. The number of hydrogen-bond acceptors (Lipinski definition) is 3. The van der Waals surface area contributed by atoms with Crippen LogP contribution in [0.1, 0.15) is 36.0 Å². The van der Waals surface area contributed by atoms with E-state index in [1.807, 2.05) is 24.3 Å². The van der Waals surface area contributed by atoms with Gasteiger partial charge in [0.05, 0.1) is 17.8 Å². The SMILES string of the molecule is O=C(c1coc2ccccc12)C1CC2CCC(C1)O2. The Morgan fingerprint density at radius 3 is 2.63 bits per heavy atom. The Hall–Kier alpha value is -1.61. The summed E-state index contributed by atoms with van der Waals surface area (Å²) in [5, 5.41) is 0.936. The van der Waals surface area contributed by atoms with Gasteiger partial charge in [0.1, 0.15) is 11.8 Å². The lowest BCUT2D eigenvalue weighted by Crippen LogP contribution is -2.29. The molecule has 2 fully saturated rings. The molecule has 2 saturated heterocycles. The number of para-hydroxylation sites is 1. The number of benzene rings is 1. The van der Waals surface area contributed by atoms with Crippen molar-refractivity contribution >= 4 is 16.8 Å². The molecule has 2 aliphatic rings. The third-order valence-electron chi connectivity index (χ3n) is 4.41. The van der Waals surface area contributed by atoms with Crippen LogP contribution in [0.2, 0.25) is 0 Å². The third kappa shape index (κ3) is 1.80. The highest BCUT2D eigenvalue weighted by molar-refractivity contribution is 6.08. The summed E-state index contributed by atoms with van der Waals surface area (Å²) in [6.45, 7) is 0. The molecule has 0 aliphatic carbocycles. The van der Waals surface area contributed by atoms with Crippen molar-refractivity contribution in [2.45, 2.75) is 37.9 Å². The van der Waals surface area contributed by atoms with Crippen LogP contribution in [0.3, 0.4) is 0 Å². The predicted molar refractivity (Wildman–Crippen MR) is 71.2 cm³/mol. The maximum atomic E-state index is 12.7. The van der Waals surface area contributed by atoms with Crippen LogP contribution in [0.15, 0.2) is 34.9 Å². The lowest BCUT2D eigenvalue weighted by atomic mass is 9.88. The van der Waals surface area contributed by atoms with Gasteiger partial charge >= 0.3 is 0 Å². The molecule has 2 aromatic rings. The summed E-state index contributed by atoms with van der Waals surface area (Å²) in [5.41, 5.74) is 1.53. The number of furan rings is 1. The van der Waals surface area contributed by atoms with Crippen molar-refractivity contribution in [1.82, 2.24) is 0 Å². The second-order valence-electron chi connectivity index (χ2n) is 5.64. The highest BCUT2D eigenvalue weighted by atomic mass is 16.5. The Morgan fingerprint density at radius 2 is 1.84 bits per heavy atom. The molecule has 1 aromatic heterocycles. The number of ether oxygens (including phenoxy) is 1. The number of rotatable bonds is 2. The Morgan fingerprint density at radius 1 is 1.11 bits per heavy atom. The van der Waals surface area contributed by atoms with E-state index >= 15 is 0 Å². The summed E-state index contributed by atoms with van der Waals surface area (Å²) >= 11 is 0. The van der Waals surface area contributed by atoms with Gasteiger partial charge in [0.2, 0.25) is 0 Å². The minimum atomic E-state index is 0.104. The molecule has 3 nitrogen and oxygen atoms in total. The molecule has 19 heavy (non-hydrogen) atoms. The molecular formula is C16H16O3. The van der Waals surface area contributed by atoms with Crippen LogP contribution >= 0.6 is 0 Å². The lowest BCUT2D eigenvalue weighted by molar-refractivity contribution is -0.0148. The van der Waals surface area contributed by atoms with Crippen molar-refractivity contribution in [1.29, 1.82) is 0 Å². The summed E-state index contributed by atoms with van der Waals surface area (Å²) < 4.78 is 11.3. The van der Waals surface area contributed by atoms with Crippen molar-refractivity contribution < 1.29 is 13.9 Å². The Labute approximate surface area is 111 Å². The largest absolute Gasteiger partial charge is 0.464 e. The van der Waals surface area contributed by atoms with Gasteiger partial charge in [-0.25, -0.2) is 0 Å². The van der Waals surface area contributed by atoms with E-state index in [0.29, 0.717) is 12.2 Å². The van der Waals surface area contributed by atoms with Crippen LogP contribution in [0.5, 0.6) is 0 Å². The van der Waals surface area contributed by atoms with Crippen LogP contribution < -0.4 is 0 Å². The van der Waals surface area contributed by atoms with Gasteiger partial charge in [-0.3, -0.25) is 4.79 Å². The van der Waals surface area contributed by atoms with E-state index in [-0.39, 0.29) is 11.7 Å². The quantitative estimate of drug-likeness (QED) is 0.771. The van der Waals surface area contributed by atoms with Gasteiger partial charge < -0.3 is 9.15 Å². The molecule has 0 radical (unpaired) electrons. The van der Waals surface area contributed by atoms with Crippen molar-refractivity contribution in [3.05, 3.63) is 36.1 Å². The first-order valence-corrected chi connectivity index (χ1v) is 6.97. The van der Waals surface area contributed by atoms with Gasteiger partial charge in [0.25, 0.3) is 0 Å². The first-order chi connectivity index (χ1) is 9.31. The summed E-state index contributed by atoms with van der Waals surface area (Å²) in [7, 11) is 0. The summed E-state index contributed by atoms with van der Waals surface area (Å²) in [5.74, 6) is 0.331. The van der Waals surface area contributed by atoms with Crippen LogP contribution in [0, 0.1) is 5.92 Å². The molecule has 2 unspecified atom stereocenters. The van der Waals surface area contributed by atoms with E-state index in [2.05, 4.69) is 0 Å². The molecule has 2 bridgehead atoms. The van der Waals surface area contributed by atoms with E-state index in [1.165, 1.54) is 0 Å². The third-order valence-corrected chi connectivity index (χ3v) is 4.41. The number of ketones is 1. The minimum Gasteiger partial charge on any atom is -0.464 e. The van der Waals surface area contributed by atoms with Crippen molar-refractivity contribution in [2.75, 3.05) is 0 Å². The summed E-state index contributed by atoms with van der Waals surface area (Å²) in [4.78, 5) is 12.7. The van der Waals surface area contributed by atoms with E-state index in [9.17, 15) is 4.79 Å². The average Bonchev–Trinajstić information content (AvgIpc) is 3.01. The fourth-order valence-corrected chi connectivity index (χ4v) is 3.46. The molecule has 2 atom stereocenters. The second-order valence-corrected chi connectivity index (χ2v) is 5.64. The maximum absolute atomic E-state index is 12.7. The van der Waals surface area contributed by atoms with Gasteiger partial charge in [-0.05, 0) is 31.7 Å². The first-order valence-electron chi connectivity index (χ1n) is 6.97. The van der Waals surface area contributed by atoms with Crippen molar-refractivity contribution in [3.8, 4) is 0 Å². The normalized spacial score (nSPS) is 29.8. The zero-order valence-corrected chi connectivity index (χ0v) is 10.7. The number of hydrogen-bond donors (Lipinski definition) is 0. The second kappa shape index (κ2) is 4.20. The van der Waals surface area contributed by atoms with Gasteiger partial charge in [-0.2, -0.15) is 0 Å². The Bertz CT molecular complexity index is 616. The molecule has 3 heteroatoms. The van der Waals surface area contributed by atoms with Crippen LogP contribution in [-0.2, 0) is 4.74 Å². The topological polar surface area (TPSA) is 39.4 Å². The summed E-state index contributed by atoms with van der Waals surface area (Å²) in [6.07, 6.45) is 6.17. The number of carbonyl (C=O) groups is 1. The van der Waals surface area contributed by atoms with Gasteiger partial charge in [0, 0.05) is 11.3 Å².